The van der Waals surface area contributed by atoms with Gasteiger partial charge >= 0.3 is 39.5 Å². The number of phosphoric ester groups is 2. The number of ether oxygens (including phenoxy) is 4. The van der Waals surface area contributed by atoms with Gasteiger partial charge in [-0.3, -0.25) is 37.3 Å². The number of esters is 4. The van der Waals surface area contributed by atoms with Crippen LogP contribution in [0.25, 0.3) is 0 Å². The summed E-state index contributed by atoms with van der Waals surface area (Å²) in [5, 5.41) is 10.7. The van der Waals surface area contributed by atoms with Crippen LogP contribution >= 0.6 is 15.6 Å². The molecule has 104 heavy (non-hydrogen) atoms. The number of unbranched alkanes of at least 4 members (excludes halogenated alkanes) is 50. The second-order valence-electron chi connectivity index (χ2n) is 31.8. The monoisotopic (exact) mass is 1520 g/mol. The Balaban J connectivity index is 5.24. The van der Waals surface area contributed by atoms with Crippen molar-refractivity contribution in [2.45, 2.75) is 465 Å². The van der Waals surface area contributed by atoms with Crippen LogP contribution in [-0.4, -0.2) is 96.7 Å². The van der Waals surface area contributed by atoms with Crippen LogP contribution in [0.5, 0.6) is 0 Å². The number of rotatable bonds is 83. The van der Waals surface area contributed by atoms with Crippen LogP contribution < -0.4 is 0 Å². The van der Waals surface area contributed by atoms with E-state index in [2.05, 4.69) is 48.5 Å². The fourth-order valence-electron chi connectivity index (χ4n) is 13.2. The number of phosphoric acid groups is 2. The van der Waals surface area contributed by atoms with Crippen molar-refractivity contribution in [1.29, 1.82) is 0 Å². The van der Waals surface area contributed by atoms with E-state index in [1.54, 1.807) is 0 Å². The molecule has 0 spiro atoms. The Hall–Kier alpha value is -1.94. The first-order chi connectivity index (χ1) is 50.3. The van der Waals surface area contributed by atoms with Crippen LogP contribution in [0.15, 0.2) is 0 Å². The molecule has 19 heteroatoms. The minimum atomic E-state index is -4.97. The molecule has 17 nitrogen and oxygen atoms in total. The van der Waals surface area contributed by atoms with Gasteiger partial charge in [-0.2, -0.15) is 0 Å². The van der Waals surface area contributed by atoms with Gasteiger partial charge in [-0.25, -0.2) is 9.13 Å². The van der Waals surface area contributed by atoms with E-state index in [0.717, 1.165) is 108 Å². The molecule has 618 valence electrons. The minimum Gasteiger partial charge on any atom is -0.462 e. The zero-order valence-corrected chi connectivity index (χ0v) is 70.3. The fraction of sp³-hybridized carbons (Fsp3) is 0.953. The average Bonchev–Trinajstić information content (AvgIpc) is 0.907. The number of hydrogen-bond donors (Lipinski definition) is 3. The molecular weight excluding hydrogens is 1350 g/mol. The molecule has 0 aromatic heterocycles. The van der Waals surface area contributed by atoms with Gasteiger partial charge in [0, 0.05) is 25.7 Å². The van der Waals surface area contributed by atoms with Gasteiger partial charge in [-0.15, -0.1) is 0 Å². The van der Waals surface area contributed by atoms with Crippen molar-refractivity contribution >= 4 is 39.5 Å². The Bertz CT molecular complexity index is 2010. The molecule has 0 aromatic carbocycles. The standard InChI is InChI=1S/C85H166O17P2/c1-8-10-11-12-13-14-15-16-26-32-39-47-54-61-68-84(89)102-81(73-96-83(88)67-60-53-46-41-34-36-43-50-57-64-77(5)6)75-100-104(93,94)98-71-79(86)70-97-103(91,92)99-74-80(72-95-82(87)66-59-52-45-38-31-28-23-24-29-35-42-49-56-63-76(3)4)101-85(90)69-62-55-48-40-33-27-22-20-18-17-19-21-25-30-37-44-51-58-65-78(7)9-2/h76-81,86H,8-75H2,1-7H3,(H,91,92)(H,93,94)/t78?,79-,80-,81-/m1/s1. The van der Waals surface area contributed by atoms with Gasteiger partial charge < -0.3 is 33.8 Å². The first-order valence-corrected chi connectivity index (χ1v) is 46.9. The second-order valence-corrected chi connectivity index (χ2v) is 34.7. The lowest BCUT2D eigenvalue weighted by molar-refractivity contribution is -0.161. The number of carbonyl (C=O) groups excluding carboxylic acids is 4. The topological polar surface area (TPSA) is 237 Å². The Morgan fingerprint density at radius 2 is 0.490 bits per heavy atom. The van der Waals surface area contributed by atoms with Gasteiger partial charge in [-0.05, 0) is 43.4 Å². The van der Waals surface area contributed by atoms with E-state index in [-0.39, 0.29) is 25.7 Å². The van der Waals surface area contributed by atoms with Gasteiger partial charge in [0.15, 0.2) is 12.2 Å². The molecule has 0 heterocycles. The summed E-state index contributed by atoms with van der Waals surface area (Å²) in [6.45, 7) is 12.0. The lowest BCUT2D eigenvalue weighted by atomic mass is 9.99. The normalized spacial score (nSPS) is 14.2. The smallest absolute Gasteiger partial charge is 0.462 e. The van der Waals surface area contributed by atoms with E-state index in [1.165, 1.54) is 257 Å². The van der Waals surface area contributed by atoms with Crippen LogP contribution in [0.3, 0.4) is 0 Å². The van der Waals surface area contributed by atoms with Crippen LogP contribution in [0.1, 0.15) is 447 Å². The van der Waals surface area contributed by atoms with Gasteiger partial charge in [0.2, 0.25) is 0 Å². The second kappa shape index (κ2) is 75.1. The van der Waals surface area contributed by atoms with Crippen LogP contribution in [-0.2, 0) is 65.4 Å². The number of aliphatic hydroxyl groups excluding tert-OH is 1. The van der Waals surface area contributed by atoms with Crippen molar-refractivity contribution in [2.75, 3.05) is 39.6 Å². The number of hydrogen-bond acceptors (Lipinski definition) is 15. The summed E-state index contributed by atoms with van der Waals surface area (Å²) < 4.78 is 68.9. The van der Waals surface area contributed by atoms with Gasteiger partial charge in [0.05, 0.1) is 26.4 Å². The Morgan fingerprint density at radius 1 is 0.279 bits per heavy atom. The van der Waals surface area contributed by atoms with E-state index in [9.17, 15) is 43.2 Å². The highest BCUT2D eigenvalue weighted by Gasteiger charge is 2.30. The number of aliphatic hydroxyl groups is 1. The van der Waals surface area contributed by atoms with E-state index in [0.29, 0.717) is 25.7 Å². The largest absolute Gasteiger partial charge is 0.472 e. The molecule has 0 aliphatic carbocycles. The van der Waals surface area contributed by atoms with Crippen LogP contribution in [0.2, 0.25) is 0 Å². The Kier molecular flexibility index (Phi) is 73.7. The van der Waals surface area contributed by atoms with E-state index < -0.39 is 97.5 Å². The third-order valence-electron chi connectivity index (χ3n) is 20.2. The third kappa shape index (κ3) is 76.8. The molecule has 0 rings (SSSR count). The summed E-state index contributed by atoms with van der Waals surface area (Å²) in [5.74, 6) is 0.301. The highest BCUT2D eigenvalue weighted by Crippen LogP contribution is 2.45. The van der Waals surface area contributed by atoms with Gasteiger partial charge in [0.25, 0.3) is 0 Å². The molecule has 0 amide bonds. The van der Waals surface area contributed by atoms with Crippen molar-refractivity contribution in [3.8, 4) is 0 Å². The van der Waals surface area contributed by atoms with Crippen molar-refractivity contribution in [1.82, 2.24) is 0 Å². The maximum atomic E-state index is 13.1. The molecule has 6 atom stereocenters. The average molecular weight is 1520 g/mol. The summed E-state index contributed by atoms with van der Waals surface area (Å²) >= 11 is 0. The van der Waals surface area contributed by atoms with E-state index in [1.807, 2.05) is 0 Å². The SMILES string of the molecule is CCCCCCCCCCCCCCCCC(=O)O[C@H](COC(=O)CCCCCCCCCCCC(C)C)COP(=O)(O)OC[C@H](O)COP(=O)(O)OC[C@@H](COC(=O)CCCCCCCCCCCCCCCC(C)C)OC(=O)CCCCCCCCCCCCCCCCCCCCC(C)CC. The maximum absolute atomic E-state index is 13.1. The van der Waals surface area contributed by atoms with Crippen molar-refractivity contribution in [3.05, 3.63) is 0 Å². The van der Waals surface area contributed by atoms with Crippen LogP contribution in [0, 0.1) is 17.8 Å². The summed E-state index contributed by atoms with van der Waals surface area (Å²) in [5.41, 5.74) is 0. The molecule has 0 bridgehead atoms. The number of carbonyl (C=O) groups is 4. The summed E-state index contributed by atoms with van der Waals surface area (Å²) in [6, 6.07) is 0. The van der Waals surface area contributed by atoms with E-state index >= 15 is 0 Å². The molecule has 0 aliphatic heterocycles. The lowest BCUT2D eigenvalue weighted by Crippen LogP contribution is -2.30. The quantitative estimate of drug-likeness (QED) is 0.0222. The predicted octanol–water partition coefficient (Wildman–Crippen LogP) is 25.7. The van der Waals surface area contributed by atoms with Crippen molar-refractivity contribution < 1.29 is 80.2 Å². The highest BCUT2D eigenvalue weighted by atomic mass is 31.2. The maximum Gasteiger partial charge on any atom is 0.472 e. The molecule has 3 unspecified atom stereocenters. The first kappa shape index (κ1) is 102. The minimum absolute atomic E-state index is 0.108. The Morgan fingerprint density at radius 3 is 0.731 bits per heavy atom. The van der Waals surface area contributed by atoms with Gasteiger partial charge in [0.1, 0.15) is 19.3 Å². The third-order valence-corrected chi connectivity index (χ3v) is 22.1. The lowest BCUT2D eigenvalue weighted by Gasteiger charge is -2.21. The zero-order valence-electron chi connectivity index (χ0n) is 68.5. The Labute approximate surface area is 638 Å². The zero-order chi connectivity index (χ0) is 76.5. The molecular formula is C85H166O17P2. The molecule has 0 aromatic rings. The van der Waals surface area contributed by atoms with E-state index in [4.69, 9.17) is 37.0 Å². The van der Waals surface area contributed by atoms with Crippen molar-refractivity contribution in [3.63, 3.8) is 0 Å². The molecule has 0 saturated carbocycles. The predicted molar refractivity (Wildman–Crippen MR) is 428 cm³/mol. The molecule has 0 aliphatic rings. The fourth-order valence-corrected chi connectivity index (χ4v) is 14.7. The van der Waals surface area contributed by atoms with Gasteiger partial charge in [-0.1, -0.05) is 395 Å². The first-order valence-electron chi connectivity index (χ1n) is 43.9. The van der Waals surface area contributed by atoms with Crippen molar-refractivity contribution in [2.24, 2.45) is 17.8 Å². The summed E-state index contributed by atoms with van der Waals surface area (Å²) in [7, 11) is -9.93. The summed E-state index contributed by atoms with van der Waals surface area (Å²) in [6.07, 6.45) is 65.1. The summed E-state index contributed by atoms with van der Waals surface area (Å²) in [4.78, 5) is 73.2. The molecule has 0 fully saturated rings. The molecule has 0 radical (unpaired) electrons. The highest BCUT2D eigenvalue weighted by molar-refractivity contribution is 7.47. The molecule has 0 saturated heterocycles. The van der Waals surface area contributed by atoms with Crippen LogP contribution in [0.4, 0.5) is 0 Å². The molecule has 3 N–H and O–H groups in total.